The lowest BCUT2D eigenvalue weighted by molar-refractivity contribution is 0.874. The molecule has 140 valence electrons. The molecule has 1 aliphatic carbocycles. The molecule has 7 nitrogen and oxygen atoms in total. The molecule has 0 fully saturated rings. The van der Waals surface area contributed by atoms with Crippen molar-refractivity contribution in [3.05, 3.63) is 62.9 Å². The number of fused-ring (bicyclic) bond motifs is 2. The van der Waals surface area contributed by atoms with Gasteiger partial charge in [0.05, 0.1) is 0 Å². The molecule has 0 saturated carbocycles. The van der Waals surface area contributed by atoms with Crippen LogP contribution in [0.4, 0.5) is 0 Å². The number of hydrogen-bond acceptors (Lipinski definition) is 7. The van der Waals surface area contributed by atoms with Crippen molar-refractivity contribution >= 4 is 39.0 Å². The second-order valence-corrected chi connectivity index (χ2v) is 7.46. The Morgan fingerprint density at radius 1 is 0.933 bits per heavy atom. The monoisotopic (exact) mass is 405 g/mol. The van der Waals surface area contributed by atoms with Gasteiger partial charge >= 0.3 is 0 Å². The van der Waals surface area contributed by atoms with E-state index >= 15 is 0 Å². The third-order valence-corrected chi connectivity index (χ3v) is 5.78. The molecule has 0 aliphatic heterocycles. The molecule has 0 unspecified atom stereocenters. The Labute approximate surface area is 176 Å². The molecule has 2 heterocycles. The summed E-state index contributed by atoms with van der Waals surface area (Å²) in [5.74, 6) is 0.838. The van der Waals surface area contributed by atoms with Gasteiger partial charge in [-0.1, -0.05) is 35.6 Å². The number of imidazole rings is 1. The fraction of sp³-hybridized carbons (Fsp3) is 0.0909. The van der Waals surface area contributed by atoms with E-state index in [2.05, 4.69) is 9.97 Å². The number of nitriles is 4. The number of nitrogens with zero attached hydrogens (tertiary/aromatic N) is 7. The van der Waals surface area contributed by atoms with Crippen molar-refractivity contribution in [1.82, 2.24) is 14.5 Å². The molecule has 0 spiro atoms. The number of allylic oxidation sites excluding steroid dienone is 5. The highest BCUT2D eigenvalue weighted by Gasteiger charge is 2.32. The molecule has 0 radical (unpaired) electrons. The van der Waals surface area contributed by atoms with E-state index in [-0.39, 0.29) is 11.1 Å². The summed E-state index contributed by atoms with van der Waals surface area (Å²) in [6.45, 7) is 1.89. The average Bonchev–Trinajstić information content (AvgIpc) is 3.37. The van der Waals surface area contributed by atoms with E-state index in [0.29, 0.717) is 32.9 Å². The summed E-state index contributed by atoms with van der Waals surface area (Å²) in [6, 6.07) is 14.9. The van der Waals surface area contributed by atoms with Crippen LogP contribution in [0.25, 0.3) is 27.7 Å². The Balaban J connectivity index is 2.09. The number of thiazole rings is 1. The maximum Gasteiger partial charge on any atom is 0.171 e. The predicted molar refractivity (Wildman–Crippen MR) is 112 cm³/mol. The number of aromatic nitrogens is 3. The van der Waals surface area contributed by atoms with Crippen LogP contribution in [0.3, 0.4) is 0 Å². The standard InChI is InChI=1S/C22H11N7S/c1-12-27-22-21(29(12)2)28-18(30-22)7-17-19(13(8-23)9-24)15-5-3-4-6-16(15)20(17)14(10-25)11-26/h3-7H,1-2H3. The summed E-state index contributed by atoms with van der Waals surface area (Å²) in [6.07, 6.45) is 1.72. The first-order valence-corrected chi connectivity index (χ1v) is 9.56. The van der Waals surface area contributed by atoms with Gasteiger partial charge in [0.15, 0.2) is 10.5 Å². The van der Waals surface area contributed by atoms with E-state index in [9.17, 15) is 21.0 Å². The minimum Gasteiger partial charge on any atom is -0.315 e. The molecule has 8 heteroatoms. The van der Waals surface area contributed by atoms with Crippen molar-refractivity contribution in [2.45, 2.75) is 6.92 Å². The van der Waals surface area contributed by atoms with Crippen LogP contribution in [0, 0.1) is 52.2 Å². The zero-order chi connectivity index (χ0) is 21.4. The molecular weight excluding hydrogens is 394 g/mol. The Bertz CT molecular complexity index is 1390. The maximum absolute atomic E-state index is 9.55. The molecule has 30 heavy (non-hydrogen) atoms. The molecule has 1 aliphatic rings. The van der Waals surface area contributed by atoms with Crippen molar-refractivity contribution in [2.24, 2.45) is 7.05 Å². The topological polar surface area (TPSA) is 126 Å². The quantitative estimate of drug-likeness (QED) is 0.562. The Kier molecular flexibility index (Phi) is 4.49. The minimum absolute atomic E-state index is 0.0889. The summed E-state index contributed by atoms with van der Waals surface area (Å²) in [5, 5.41) is 38.8. The fourth-order valence-electron chi connectivity index (χ4n) is 3.46. The van der Waals surface area contributed by atoms with E-state index in [4.69, 9.17) is 0 Å². The summed E-state index contributed by atoms with van der Waals surface area (Å²) >= 11 is 1.36. The molecule has 0 saturated heterocycles. The summed E-state index contributed by atoms with van der Waals surface area (Å²) in [7, 11) is 1.87. The summed E-state index contributed by atoms with van der Waals surface area (Å²) < 4.78 is 1.87. The van der Waals surface area contributed by atoms with Crippen LogP contribution in [0.1, 0.15) is 22.0 Å². The smallest absolute Gasteiger partial charge is 0.171 e. The van der Waals surface area contributed by atoms with E-state index in [1.165, 1.54) is 11.3 Å². The normalized spacial score (nSPS) is 12.0. The molecule has 0 bridgehead atoms. The summed E-state index contributed by atoms with van der Waals surface area (Å²) in [4.78, 5) is 9.85. The van der Waals surface area contributed by atoms with Crippen LogP contribution in [-0.4, -0.2) is 14.5 Å². The van der Waals surface area contributed by atoms with Gasteiger partial charge in [-0.15, -0.1) is 0 Å². The van der Waals surface area contributed by atoms with Crippen molar-refractivity contribution in [2.75, 3.05) is 0 Å². The Morgan fingerprint density at radius 2 is 1.47 bits per heavy atom. The van der Waals surface area contributed by atoms with Gasteiger partial charge in [0.25, 0.3) is 0 Å². The first-order chi connectivity index (χ1) is 14.5. The largest absolute Gasteiger partial charge is 0.315 e. The lowest BCUT2D eigenvalue weighted by Gasteiger charge is -2.04. The highest BCUT2D eigenvalue weighted by atomic mass is 32.1. The predicted octanol–water partition coefficient (Wildman–Crippen LogP) is 4.04. The zero-order valence-electron chi connectivity index (χ0n) is 15.9. The average molecular weight is 405 g/mol. The zero-order valence-corrected chi connectivity index (χ0v) is 16.7. The lowest BCUT2D eigenvalue weighted by atomic mass is 9.96. The Hall–Kier alpha value is -4.50. The third kappa shape index (κ3) is 2.69. The third-order valence-electron chi connectivity index (χ3n) is 4.89. The van der Waals surface area contributed by atoms with Crippen LogP contribution in [0.2, 0.25) is 0 Å². The van der Waals surface area contributed by atoms with Gasteiger partial charge in [-0.25, -0.2) is 9.97 Å². The van der Waals surface area contributed by atoms with Crippen molar-refractivity contribution in [3.8, 4) is 24.3 Å². The minimum atomic E-state index is -0.0889. The van der Waals surface area contributed by atoms with Crippen molar-refractivity contribution in [1.29, 1.82) is 21.0 Å². The molecule has 3 aromatic rings. The molecule has 1 aromatic carbocycles. The van der Waals surface area contributed by atoms with Crippen molar-refractivity contribution in [3.63, 3.8) is 0 Å². The number of hydrogen-bond donors (Lipinski definition) is 0. The molecule has 4 rings (SSSR count). The van der Waals surface area contributed by atoms with E-state index in [1.54, 1.807) is 30.3 Å². The van der Waals surface area contributed by atoms with E-state index < -0.39 is 0 Å². The summed E-state index contributed by atoms with van der Waals surface area (Å²) in [5.41, 5.74) is 3.07. The van der Waals surface area contributed by atoms with Gasteiger partial charge in [0.1, 0.15) is 46.3 Å². The number of rotatable bonds is 1. The molecule has 0 N–H and O–H groups in total. The number of benzene rings is 1. The van der Waals surface area contributed by atoms with Crippen LogP contribution >= 0.6 is 11.3 Å². The van der Waals surface area contributed by atoms with Gasteiger partial charge in [0, 0.05) is 18.2 Å². The second-order valence-electron chi connectivity index (χ2n) is 6.45. The second kappa shape index (κ2) is 7.15. The highest BCUT2D eigenvalue weighted by molar-refractivity contribution is 7.18. The SMILES string of the molecule is Cc1nc2sc(C=C3C(=C(C#N)C#N)c4ccccc4C3=C(C#N)C#N)nc2n1C. The first-order valence-electron chi connectivity index (χ1n) is 8.75. The van der Waals surface area contributed by atoms with E-state index in [0.717, 1.165) is 16.3 Å². The van der Waals surface area contributed by atoms with E-state index in [1.807, 2.05) is 42.8 Å². The van der Waals surface area contributed by atoms with Gasteiger partial charge in [-0.2, -0.15) is 21.0 Å². The lowest BCUT2D eigenvalue weighted by Crippen LogP contribution is -1.92. The number of aryl methyl sites for hydroxylation is 2. The Morgan fingerprint density at radius 3 is 1.93 bits per heavy atom. The van der Waals surface area contributed by atoms with Gasteiger partial charge in [0.2, 0.25) is 0 Å². The molecule has 0 atom stereocenters. The first kappa shape index (κ1) is 18.8. The van der Waals surface area contributed by atoms with Crippen molar-refractivity contribution < 1.29 is 0 Å². The highest BCUT2D eigenvalue weighted by Crippen LogP contribution is 2.48. The van der Waals surface area contributed by atoms with Gasteiger partial charge < -0.3 is 4.57 Å². The molecule has 0 amide bonds. The maximum atomic E-state index is 9.55. The van der Waals surface area contributed by atoms with Crippen LogP contribution in [-0.2, 0) is 7.05 Å². The van der Waals surface area contributed by atoms with Crippen LogP contribution in [0.5, 0.6) is 0 Å². The van der Waals surface area contributed by atoms with Gasteiger partial charge in [-0.05, 0) is 29.7 Å². The molecular formula is C22H11N7S. The molecule has 2 aromatic heterocycles. The fourth-order valence-corrected chi connectivity index (χ4v) is 4.42. The van der Waals surface area contributed by atoms with Crippen LogP contribution in [0.15, 0.2) is 41.0 Å². The van der Waals surface area contributed by atoms with Gasteiger partial charge in [-0.3, -0.25) is 0 Å². The van der Waals surface area contributed by atoms with Crippen LogP contribution < -0.4 is 0 Å².